The zero-order chi connectivity index (χ0) is 37.7. The first-order valence-electron chi connectivity index (χ1n) is 19.2. The van der Waals surface area contributed by atoms with Crippen LogP contribution in [0, 0.1) is 0 Å². The molecule has 0 atom stereocenters. The highest BCUT2D eigenvalue weighted by Crippen LogP contribution is 2.43. The lowest BCUT2D eigenvalue weighted by Gasteiger charge is -2.11. The topological polar surface area (TPSA) is 51.8 Å². The molecule has 0 saturated carbocycles. The normalized spacial score (nSPS) is 11.5. The second-order valence-electron chi connectivity index (χ2n) is 14.4. The molecular weight excluding hydrogens is 695 g/mol. The van der Waals surface area contributed by atoms with E-state index in [4.69, 9.17) is 19.4 Å². The molecule has 11 aromatic rings. The van der Waals surface area contributed by atoms with Gasteiger partial charge in [-0.05, 0) is 73.8 Å². The maximum atomic E-state index is 6.69. The molecule has 2 heterocycles. The Hall–Kier alpha value is -7.69. The van der Waals surface area contributed by atoms with Gasteiger partial charge >= 0.3 is 0 Å². The van der Waals surface area contributed by atoms with E-state index in [1.54, 1.807) is 0 Å². The molecule has 57 heavy (non-hydrogen) atoms. The largest absolute Gasteiger partial charge is 0.455 e. The van der Waals surface area contributed by atoms with Crippen LogP contribution in [0.15, 0.2) is 205 Å². The highest BCUT2D eigenvalue weighted by atomic mass is 16.3. The summed E-state index contributed by atoms with van der Waals surface area (Å²) in [5.74, 6) is 1.89. The van der Waals surface area contributed by atoms with E-state index in [9.17, 15) is 0 Å². The van der Waals surface area contributed by atoms with E-state index in [0.29, 0.717) is 17.5 Å². The van der Waals surface area contributed by atoms with Crippen molar-refractivity contribution in [2.45, 2.75) is 0 Å². The minimum atomic E-state index is 0.622. The van der Waals surface area contributed by atoms with Crippen molar-refractivity contribution in [3.8, 4) is 67.5 Å². The molecule has 9 aromatic carbocycles. The lowest BCUT2D eigenvalue weighted by Crippen LogP contribution is -2.00. The Morgan fingerprint density at radius 3 is 1.63 bits per heavy atom. The molecule has 0 radical (unpaired) electrons. The number of rotatable bonds is 6. The molecule has 0 aliphatic carbocycles. The van der Waals surface area contributed by atoms with Crippen LogP contribution in [0.5, 0.6) is 0 Å². The van der Waals surface area contributed by atoms with Gasteiger partial charge in [0.25, 0.3) is 0 Å². The molecule has 0 aliphatic heterocycles. The monoisotopic (exact) mass is 727 g/mol. The fraction of sp³-hybridized carbons (Fsp3) is 0. The van der Waals surface area contributed by atoms with Crippen molar-refractivity contribution >= 4 is 43.5 Å². The van der Waals surface area contributed by atoms with Crippen molar-refractivity contribution < 1.29 is 4.42 Å². The van der Waals surface area contributed by atoms with Crippen LogP contribution in [-0.2, 0) is 0 Å². The summed E-state index contributed by atoms with van der Waals surface area (Å²) < 4.78 is 6.69. The molecule has 0 spiro atoms. The minimum Gasteiger partial charge on any atom is -0.455 e. The van der Waals surface area contributed by atoms with Crippen molar-refractivity contribution in [1.29, 1.82) is 0 Å². The van der Waals surface area contributed by atoms with Crippen molar-refractivity contribution in [1.82, 2.24) is 15.0 Å². The van der Waals surface area contributed by atoms with Crippen LogP contribution in [0.3, 0.4) is 0 Å². The SMILES string of the molecule is c1ccc(-c2cccc(-c3nc(-c4ccccc4)nc(-c4ccc(-c5cc6c(oc7cccc(-c8ccc9ccccc9c8)c76)c6ccccc56)cc4)n3)c2)cc1. The average molecular weight is 728 g/mol. The Labute approximate surface area is 329 Å². The number of fused-ring (bicyclic) bond motifs is 6. The van der Waals surface area contributed by atoms with E-state index in [-0.39, 0.29) is 0 Å². The second kappa shape index (κ2) is 13.6. The zero-order valence-corrected chi connectivity index (χ0v) is 30.8. The average Bonchev–Trinajstić information content (AvgIpc) is 3.68. The first-order chi connectivity index (χ1) is 28.2. The molecule has 0 amide bonds. The molecule has 4 heteroatoms. The van der Waals surface area contributed by atoms with Crippen molar-refractivity contribution in [3.63, 3.8) is 0 Å². The van der Waals surface area contributed by atoms with Gasteiger partial charge in [0.05, 0.1) is 0 Å². The molecule has 4 nitrogen and oxygen atoms in total. The molecule has 0 saturated heterocycles. The molecule has 0 fully saturated rings. The van der Waals surface area contributed by atoms with Gasteiger partial charge in [-0.1, -0.05) is 176 Å². The Balaban J connectivity index is 1.04. The minimum absolute atomic E-state index is 0.622. The highest BCUT2D eigenvalue weighted by molar-refractivity contribution is 6.22. The van der Waals surface area contributed by atoms with Crippen molar-refractivity contribution in [2.75, 3.05) is 0 Å². The molecule has 0 aliphatic rings. The Kier molecular flexibility index (Phi) is 7.78. The van der Waals surface area contributed by atoms with Crippen LogP contribution in [0.2, 0.25) is 0 Å². The molecule has 0 bridgehead atoms. The van der Waals surface area contributed by atoms with E-state index < -0.39 is 0 Å². The summed E-state index contributed by atoms with van der Waals surface area (Å²) in [4.78, 5) is 15.1. The van der Waals surface area contributed by atoms with E-state index in [1.165, 1.54) is 16.3 Å². The smallest absolute Gasteiger partial charge is 0.164 e. The summed E-state index contributed by atoms with van der Waals surface area (Å²) in [5, 5.41) is 6.88. The van der Waals surface area contributed by atoms with Gasteiger partial charge in [-0.3, -0.25) is 0 Å². The Bertz CT molecular complexity index is 3280. The molecular formula is C53H33N3O. The van der Waals surface area contributed by atoms with Gasteiger partial charge in [-0.15, -0.1) is 0 Å². The molecule has 266 valence electrons. The number of nitrogens with zero attached hydrogens (tertiary/aromatic N) is 3. The van der Waals surface area contributed by atoms with Gasteiger partial charge in [0.1, 0.15) is 11.2 Å². The summed E-state index contributed by atoms with van der Waals surface area (Å²) in [6.07, 6.45) is 0. The van der Waals surface area contributed by atoms with Crippen LogP contribution in [0.25, 0.3) is 111 Å². The summed E-state index contributed by atoms with van der Waals surface area (Å²) in [6, 6.07) is 69.9. The van der Waals surface area contributed by atoms with Gasteiger partial charge in [0, 0.05) is 32.8 Å². The first kappa shape index (κ1) is 32.7. The van der Waals surface area contributed by atoms with E-state index in [0.717, 1.165) is 77.2 Å². The zero-order valence-electron chi connectivity index (χ0n) is 30.8. The summed E-state index contributed by atoms with van der Waals surface area (Å²) >= 11 is 0. The van der Waals surface area contributed by atoms with Crippen LogP contribution in [-0.4, -0.2) is 15.0 Å². The number of benzene rings is 9. The quantitative estimate of drug-likeness (QED) is 0.171. The predicted molar refractivity (Wildman–Crippen MR) is 235 cm³/mol. The summed E-state index contributed by atoms with van der Waals surface area (Å²) in [6.45, 7) is 0. The fourth-order valence-corrected chi connectivity index (χ4v) is 8.10. The highest BCUT2D eigenvalue weighted by Gasteiger charge is 2.19. The van der Waals surface area contributed by atoms with E-state index in [2.05, 4.69) is 164 Å². The van der Waals surface area contributed by atoms with Gasteiger partial charge in [-0.2, -0.15) is 0 Å². The maximum Gasteiger partial charge on any atom is 0.164 e. The molecule has 0 unspecified atom stereocenters. The van der Waals surface area contributed by atoms with Crippen molar-refractivity contribution in [3.05, 3.63) is 200 Å². The number of hydrogen-bond acceptors (Lipinski definition) is 4. The first-order valence-corrected chi connectivity index (χ1v) is 19.2. The van der Waals surface area contributed by atoms with Gasteiger partial charge in [0.15, 0.2) is 17.5 Å². The second-order valence-corrected chi connectivity index (χ2v) is 14.4. The standard InChI is InChI=1S/C53H33N3O/c1-3-13-34(14-4-1)40-19-11-20-42(32-40)53-55-51(37-16-5-2-6-17-37)54-52(56-53)38-28-26-36(27-29-38)46-33-47-49-43(41-30-25-35-15-7-8-18-39(35)31-41)23-12-24-48(49)57-50(47)45-22-10-9-21-44(45)46/h1-33H. The lowest BCUT2D eigenvalue weighted by molar-refractivity contribution is 0.673. The third-order valence-electron chi connectivity index (χ3n) is 10.9. The van der Waals surface area contributed by atoms with E-state index >= 15 is 0 Å². The van der Waals surface area contributed by atoms with E-state index in [1.807, 2.05) is 36.4 Å². The Morgan fingerprint density at radius 2 is 0.860 bits per heavy atom. The third-order valence-corrected chi connectivity index (χ3v) is 10.9. The third kappa shape index (κ3) is 5.83. The fourth-order valence-electron chi connectivity index (χ4n) is 8.10. The Morgan fingerprint density at radius 1 is 0.298 bits per heavy atom. The summed E-state index contributed by atoms with van der Waals surface area (Å²) in [5.41, 5.74) is 11.4. The molecule has 2 aromatic heterocycles. The maximum absolute atomic E-state index is 6.69. The molecule has 0 N–H and O–H groups in total. The van der Waals surface area contributed by atoms with Crippen LogP contribution >= 0.6 is 0 Å². The number of hydrogen-bond donors (Lipinski definition) is 0. The number of aromatic nitrogens is 3. The summed E-state index contributed by atoms with van der Waals surface area (Å²) in [7, 11) is 0. The van der Waals surface area contributed by atoms with Gasteiger partial charge in [0.2, 0.25) is 0 Å². The lowest BCUT2D eigenvalue weighted by atomic mass is 9.92. The van der Waals surface area contributed by atoms with Crippen LogP contribution in [0.1, 0.15) is 0 Å². The van der Waals surface area contributed by atoms with Crippen LogP contribution < -0.4 is 0 Å². The molecule has 11 rings (SSSR count). The van der Waals surface area contributed by atoms with Gasteiger partial charge < -0.3 is 4.42 Å². The van der Waals surface area contributed by atoms with Crippen LogP contribution in [0.4, 0.5) is 0 Å². The van der Waals surface area contributed by atoms with Crippen molar-refractivity contribution in [2.24, 2.45) is 0 Å². The number of furan rings is 1. The van der Waals surface area contributed by atoms with Gasteiger partial charge in [-0.25, -0.2) is 15.0 Å². The predicted octanol–water partition coefficient (Wildman–Crippen LogP) is 14.1.